The summed E-state index contributed by atoms with van der Waals surface area (Å²) in [5.41, 5.74) is 1.16. The number of nitrogens with one attached hydrogen (secondary N) is 1. The fourth-order valence-electron chi connectivity index (χ4n) is 3.25. The molecule has 2 aromatic carbocycles. The average Bonchev–Trinajstić information content (AvgIpc) is 3.20. The largest absolute Gasteiger partial charge is 0.481 e. The molecular weight excluding hydrogens is 410 g/mol. The number of thiophene rings is 1. The quantitative estimate of drug-likeness (QED) is 0.409. The maximum absolute atomic E-state index is 11.7. The van der Waals surface area contributed by atoms with Crippen molar-refractivity contribution in [3.8, 4) is 17.3 Å². The van der Waals surface area contributed by atoms with Gasteiger partial charge in [0.1, 0.15) is 5.82 Å². The topological polar surface area (TPSA) is 84.3 Å². The Morgan fingerprint density at radius 1 is 1.10 bits per heavy atom. The minimum Gasteiger partial charge on any atom is -0.481 e. The number of methoxy groups -OCH3 is 1. The van der Waals surface area contributed by atoms with Crippen LogP contribution in [0.5, 0.6) is 6.01 Å². The number of fused-ring (bicyclic) bond motifs is 1. The standard InChI is InChI=1S/C24H23N3O3S/c1-24(2,22(28)29)17-9-6-8-15(11-17)19-13-21(27-23(26-19)30-3)25-14-18-12-16-7-4-5-10-20(16)31-18/h4-13H,14H2,1-3H3,(H,28,29)(H,25,26,27). The summed E-state index contributed by atoms with van der Waals surface area (Å²) in [6.07, 6.45) is 0. The van der Waals surface area contributed by atoms with Crippen molar-refractivity contribution in [3.05, 3.63) is 71.1 Å². The van der Waals surface area contributed by atoms with Gasteiger partial charge in [-0.05, 0) is 43.0 Å². The summed E-state index contributed by atoms with van der Waals surface area (Å²) in [5.74, 6) is -0.238. The van der Waals surface area contributed by atoms with Crippen LogP contribution < -0.4 is 10.1 Å². The van der Waals surface area contributed by atoms with E-state index in [1.165, 1.54) is 22.1 Å². The molecule has 7 heteroatoms. The van der Waals surface area contributed by atoms with Gasteiger partial charge in [0.15, 0.2) is 0 Å². The maximum atomic E-state index is 11.7. The Bertz CT molecular complexity index is 1220. The first-order chi connectivity index (χ1) is 14.9. The van der Waals surface area contributed by atoms with Gasteiger partial charge in [0.2, 0.25) is 0 Å². The van der Waals surface area contributed by atoms with Crippen LogP contribution >= 0.6 is 11.3 Å². The number of ether oxygens (including phenoxy) is 1. The molecule has 6 nitrogen and oxygen atoms in total. The number of benzene rings is 2. The average molecular weight is 434 g/mol. The molecule has 2 aromatic heterocycles. The van der Waals surface area contributed by atoms with Crippen LogP contribution in [0.25, 0.3) is 21.3 Å². The number of hydrogen-bond donors (Lipinski definition) is 2. The van der Waals surface area contributed by atoms with E-state index >= 15 is 0 Å². The molecule has 0 radical (unpaired) electrons. The lowest BCUT2D eigenvalue weighted by molar-refractivity contribution is -0.142. The van der Waals surface area contributed by atoms with Crippen LogP contribution in [0.2, 0.25) is 0 Å². The van der Waals surface area contributed by atoms with Crippen molar-refractivity contribution >= 4 is 33.2 Å². The Morgan fingerprint density at radius 3 is 2.65 bits per heavy atom. The number of carbonyl (C=O) groups is 1. The number of nitrogens with zero attached hydrogens (tertiary/aromatic N) is 2. The number of hydrogen-bond acceptors (Lipinski definition) is 6. The number of aromatic nitrogens is 2. The zero-order valence-corrected chi connectivity index (χ0v) is 18.4. The molecule has 0 bridgehead atoms. The molecule has 0 atom stereocenters. The van der Waals surface area contributed by atoms with Crippen molar-refractivity contribution in [2.24, 2.45) is 0 Å². The van der Waals surface area contributed by atoms with E-state index in [2.05, 4.69) is 33.5 Å². The lowest BCUT2D eigenvalue weighted by Crippen LogP contribution is -2.28. The smallest absolute Gasteiger partial charge is 0.318 e. The highest BCUT2D eigenvalue weighted by Crippen LogP contribution is 2.30. The minimum absolute atomic E-state index is 0.249. The van der Waals surface area contributed by atoms with Crippen LogP contribution in [-0.2, 0) is 16.8 Å². The zero-order chi connectivity index (χ0) is 22.0. The van der Waals surface area contributed by atoms with E-state index in [-0.39, 0.29) is 6.01 Å². The highest BCUT2D eigenvalue weighted by molar-refractivity contribution is 7.19. The van der Waals surface area contributed by atoms with Crippen molar-refractivity contribution in [1.29, 1.82) is 0 Å². The first-order valence-electron chi connectivity index (χ1n) is 9.85. The van der Waals surface area contributed by atoms with Crippen LogP contribution in [0.4, 0.5) is 5.82 Å². The molecule has 0 aliphatic rings. The second-order valence-corrected chi connectivity index (χ2v) is 8.91. The summed E-state index contributed by atoms with van der Waals surface area (Å²) in [7, 11) is 1.53. The van der Waals surface area contributed by atoms with Crippen LogP contribution in [0.3, 0.4) is 0 Å². The summed E-state index contributed by atoms with van der Waals surface area (Å²) in [6.45, 7) is 4.00. The maximum Gasteiger partial charge on any atom is 0.318 e. The van der Waals surface area contributed by atoms with Gasteiger partial charge in [-0.2, -0.15) is 9.97 Å². The number of carboxylic acid groups (broad SMARTS) is 1. The van der Waals surface area contributed by atoms with Gasteiger partial charge >= 0.3 is 12.0 Å². The van der Waals surface area contributed by atoms with Gasteiger partial charge in [0, 0.05) is 21.2 Å². The minimum atomic E-state index is -1.00. The normalized spacial score (nSPS) is 11.5. The number of carboxylic acids is 1. The Kier molecular flexibility index (Phi) is 5.61. The Labute approximate surface area is 184 Å². The van der Waals surface area contributed by atoms with Gasteiger partial charge in [-0.25, -0.2) is 0 Å². The number of rotatable bonds is 7. The summed E-state index contributed by atoms with van der Waals surface area (Å²) in [5, 5.41) is 14.1. The summed E-state index contributed by atoms with van der Waals surface area (Å²) < 4.78 is 6.55. The molecule has 0 aliphatic heterocycles. The second-order valence-electron chi connectivity index (χ2n) is 7.74. The molecular formula is C24H23N3O3S. The van der Waals surface area contributed by atoms with Crippen molar-refractivity contribution in [2.75, 3.05) is 12.4 Å². The van der Waals surface area contributed by atoms with Gasteiger partial charge in [0.25, 0.3) is 0 Å². The third kappa shape index (κ3) is 4.36. The molecule has 0 amide bonds. The van der Waals surface area contributed by atoms with Crippen molar-refractivity contribution in [3.63, 3.8) is 0 Å². The molecule has 0 spiro atoms. The van der Waals surface area contributed by atoms with Crippen LogP contribution in [0, 0.1) is 0 Å². The van der Waals surface area contributed by atoms with E-state index in [1.54, 1.807) is 25.2 Å². The fourth-order valence-corrected chi connectivity index (χ4v) is 4.25. The second kappa shape index (κ2) is 8.35. The Hall–Kier alpha value is -3.45. The molecule has 0 aliphatic carbocycles. The zero-order valence-electron chi connectivity index (χ0n) is 17.5. The monoisotopic (exact) mass is 433 g/mol. The lowest BCUT2D eigenvalue weighted by atomic mass is 9.84. The number of aliphatic carboxylic acids is 1. The first kappa shape index (κ1) is 20.8. The predicted molar refractivity (Wildman–Crippen MR) is 124 cm³/mol. The molecule has 0 saturated heterocycles. The molecule has 4 aromatic rings. The molecule has 2 heterocycles. The molecule has 0 unspecified atom stereocenters. The molecule has 2 N–H and O–H groups in total. The van der Waals surface area contributed by atoms with Gasteiger partial charge in [0.05, 0.1) is 24.8 Å². The van der Waals surface area contributed by atoms with Crippen LogP contribution in [0.1, 0.15) is 24.3 Å². The van der Waals surface area contributed by atoms with Gasteiger partial charge < -0.3 is 15.2 Å². The van der Waals surface area contributed by atoms with E-state index in [0.29, 0.717) is 23.6 Å². The van der Waals surface area contributed by atoms with Crippen molar-refractivity contribution in [1.82, 2.24) is 9.97 Å². The Morgan fingerprint density at radius 2 is 1.90 bits per heavy atom. The lowest BCUT2D eigenvalue weighted by Gasteiger charge is -2.20. The van der Waals surface area contributed by atoms with Crippen molar-refractivity contribution in [2.45, 2.75) is 25.8 Å². The van der Waals surface area contributed by atoms with E-state index in [0.717, 1.165) is 5.56 Å². The van der Waals surface area contributed by atoms with Crippen LogP contribution in [-0.4, -0.2) is 28.2 Å². The molecule has 158 valence electrons. The van der Waals surface area contributed by atoms with Crippen molar-refractivity contribution < 1.29 is 14.6 Å². The van der Waals surface area contributed by atoms with Crippen LogP contribution in [0.15, 0.2) is 60.7 Å². The van der Waals surface area contributed by atoms with E-state index in [9.17, 15) is 9.90 Å². The predicted octanol–water partition coefficient (Wildman–Crippen LogP) is 5.34. The van der Waals surface area contributed by atoms with E-state index in [4.69, 9.17) is 4.74 Å². The van der Waals surface area contributed by atoms with E-state index < -0.39 is 11.4 Å². The molecule has 4 rings (SSSR count). The summed E-state index contributed by atoms with van der Waals surface area (Å²) >= 11 is 1.74. The van der Waals surface area contributed by atoms with E-state index in [1.807, 2.05) is 42.5 Å². The third-order valence-electron chi connectivity index (χ3n) is 5.22. The molecule has 0 fully saturated rings. The van der Waals surface area contributed by atoms with Gasteiger partial charge in [-0.3, -0.25) is 4.79 Å². The third-order valence-corrected chi connectivity index (χ3v) is 6.34. The highest BCUT2D eigenvalue weighted by atomic mass is 32.1. The summed E-state index contributed by atoms with van der Waals surface area (Å²) in [6, 6.07) is 20.0. The Balaban J connectivity index is 1.62. The van der Waals surface area contributed by atoms with Gasteiger partial charge in [-0.1, -0.05) is 36.4 Å². The SMILES string of the molecule is COc1nc(NCc2cc3ccccc3s2)cc(-c2cccc(C(C)(C)C(=O)O)c2)n1. The first-order valence-corrected chi connectivity index (χ1v) is 10.7. The fraction of sp³-hybridized carbons (Fsp3) is 0.208. The highest BCUT2D eigenvalue weighted by Gasteiger charge is 2.29. The molecule has 0 saturated carbocycles. The van der Waals surface area contributed by atoms with Gasteiger partial charge in [-0.15, -0.1) is 11.3 Å². The number of anilines is 1. The molecule has 31 heavy (non-hydrogen) atoms. The summed E-state index contributed by atoms with van der Waals surface area (Å²) in [4.78, 5) is 21.7.